The van der Waals surface area contributed by atoms with E-state index >= 15 is 0 Å². The second-order valence-corrected chi connectivity index (χ2v) is 19.0. The average molecular weight is 942 g/mol. The third-order valence-electron chi connectivity index (χ3n) is 12.7. The number of hydrogen-bond donors (Lipinski definition) is 6. The molecule has 0 aromatic heterocycles. The van der Waals surface area contributed by atoms with E-state index in [4.69, 9.17) is 9.47 Å². The van der Waals surface area contributed by atoms with E-state index in [1.807, 2.05) is 6.08 Å². The number of amides is 1. The van der Waals surface area contributed by atoms with Crippen LogP contribution in [0.3, 0.4) is 0 Å². The Morgan fingerprint density at radius 3 is 1.36 bits per heavy atom. The molecule has 7 unspecified atom stereocenters. The van der Waals surface area contributed by atoms with Gasteiger partial charge < -0.3 is 40.3 Å². The molecule has 0 bridgehead atoms. The van der Waals surface area contributed by atoms with Crippen LogP contribution in [0.5, 0.6) is 0 Å². The molecule has 7 atom stereocenters. The van der Waals surface area contributed by atoms with E-state index in [0.29, 0.717) is 6.42 Å². The van der Waals surface area contributed by atoms with Crippen molar-refractivity contribution >= 4 is 5.91 Å². The summed E-state index contributed by atoms with van der Waals surface area (Å²) in [6, 6.07) is -0.836. The summed E-state index contributed by atoms with van der Waals surface area (Å²) < 4.78 is 11.2. The second kappa shape index (κ2) is 47.3. The lowest BCUT2D eigenvalue weighted by atomic mass is 9.99. The molecule has 388 valence electrons. The van der Waals surface area contributed by atoms with Crippen LogP contribution in [-0.4, -0.2) is 87.5 Å². The Morgan fingerprint density at radius 2 is 0.896 bits per heavy atom. The summed E-state index contributed by atoms with van der Waals surface area (Å²) in [4.78, 5) is 13.0. The lowest BCUT2D eigenvalue weighted by molar-refractivity contribution is -0.302. The van der Waals surface area contributed by atoms with E-state index < -0.39 is 49.5 Å². The molecule has 1 fully saturated rings. The SMILES string of the molecule is CCCCCCC/C=C\C/C=C\C/C=C\CCCCCCCCCCC(=O)NC(COC1OC(CO)C(O)C(O)C1O)C(O)/C=C/CC/C=C/CC/C=C/CCCCCCCCCCCCC. The summed E-state index contributed by atoms with van der Waals surface area (Å²) in [7, 11) is 0. The van der Waals surface area contributed by atoms with Gasteiger partial charge in [0.1, 0.15) is 24.4 Å². The lowest BCUT2D eigenvalue weighted by Crippen LogP contribution is -2.60. The number of unbranched alkanes of at least 4 members (excludes halogenated alkanes) is 26. The van der Waals surface area contributed by atoms with Gasteiger partial charge in [-0.25, -0.2) is 0 Å². The number of nitrogens with one attached hydrogen (secondary N) is 1. The normalized spacial score (nSPS) is 20.3. The van der Waals surface area contributed by atoms with Crippen molar-refractivity contribution in [3.63, 3.8) is 0 Å². The van der Waals surface area contributed by atoms with Crippen LogP contribution in [0.15, 0.2) is 72.9 Å². The molecule has 0 spiro atoms. The molecule has 1 rings (SSSR count). The highest BCUT2D eigenvalue weighted by Gasteiger charge is 2.44. The number of aliphatic hydroxyl groups is 5. The molecule has 67 heavy (non-hydrogen) atoms. The molecule has 6 N–H and O–H groups in total. The van der Waals surface area contributed by atoms with E-state index in [1.165, 1.54) is 141 Å². The molecule has 0 aromatic rings. The van der Waals surface area contributed by atoms with Crippen molar-refractivity contribution in [3.05, 3.63) is 72.9 Å². The standard InChI is InChI=1S/C58H103NO8/c1-3-5-7-9-11-13-15-17-19-21-23-25-26-28-30-32-34-36-38-40-42-44-46-48-54(62)59-51(50-66-58-57(65)56(64)55(63)53(49-60)67-58)52(61)47-45-43-41-39-37-35-33-31-29-27-24-22-20-18-16-14-12-10-8-6-4-2/h15,17,21,23,26,28-29,31,37,39,45,47,51-53,55-58,60-61,63-65H,3-14,16,18-20,22,24-25,27,30,32-36,38,40-44,46,48-50H2,1-2H3,(H,59,62)/b17-15-,23-21-,28-26-,31-29+,39-37+,47-45+. The number of carbonyl (C=O) groups excluding carboxylic acids is 1. The number of carbonyl (C=O) groups is 1. The van der Waals surface area contributed by atoms with Crippen molar-refractivity contribution in [2.75, 3.05) is 13.2 Å². The van der Waals surface area contributed by atoms with E-state index in [1.54, 1.807) is 6.08 Å². The van der Waals surface area contributed by atoms with Crippen LogP contribution in [0.2, 0.25) is 0 Å². The van der Waals surface area contributed by atoms with Crippen LogP contribution in [0.25, 0.3) is 0 Å². The van der Waals surface area contributed by atoms with Crippen LogP contribution >= 0.6 is 0 Å². The predicted molar refractivity (Wildman–Crippen MR) is 281 cm³/mol. The Balaban J connectivity index is 2.31. The van der Waals surface area contributed by atoms with Gasteiger partial charge in [-0.15, -0.1) is 0 Å². The molecule has 0 aromatic carbocycles. The van der Waals surface area contributed by atoms with Gasteiger partial charge in [-0.05, 0) is 83.5 Å². The quantitative estimate of drug-likeness (QED) is 0.0261. The number of aliphatic hydroxyl groups excluding tert-OH is 5. The first-order valence-corrected chi connectivity index (χ1v) is 27.7. The van der Waals surface area contributed by atoms with Crippen LogP contribution in [0.1, 0.15) is 232 Å². The molecule has 1 aliphatic rings. The Bertz CT molecular complexity index is 1280. The predicted octanol–water partition coefficient (Wildman–Crippen LogP) is 13.3. The highest BCUT2D eigenvalue weighted by atomic mass is 16.7. The molecular formula is C58H103NO8. The number of ether oxygens (including phenoxy) is 2. The zero-order valence-corrected chi connectivity index (χ0v) is 42.9. The van der Waals surface area contributed by atoms with Crippen LogP contribution in [-0.2, 0) is 14.3 Å². The van der Waals surface area contributed by atoms with Crippen LogP contribution in [0.4, 0.5) is 0 Å². The van der Waals surface area contributed by atoms with Gasteiger partial charge in [-0.2, -0.15) is 0 Å². The summed E-state index contributed by atoms with van der Waals surface area (Å²) in [6.07, 6.45) is 58.1. The fraction of sp³-hybridized carbons (Fsp3) is 0.776. The van der Waals surface area contributed by atoms with E-state index in [0.717, 1.165) is 70.6 Å². The third kappa shape index (κ3) is 37.2. The van der Waals surface area contributed by atoms with Gasteiger partial charge in [0.05, 0.1) is 25.4 Å². The van der Waals surface area contributed by atoms with Gasteiger partial charge >= 0.3 is 0 Å². The highest BCUT2D eigenvalue weighted by Crippen LogP contribution is 2.23. The fourth-order valence-electron chi connectivity index (χ4n) is 8.31. The first kappa shape index (κ1) is 62.6. The average Bonchev–Trinajstić information content (AvgIpc) is 3.33. The zero-order valence-electron chi connectivity index (χ0n) is 42.9. The molecule has 0 aliphatic carbocycles. The first-order chi connectivity index (χ1) is 32.8. The van der Waals surface area contributed by atoms with Gasteiger partial charge in [0.2, 0.25) is 5.91 Å². The Hall–Kier alpha value is -2.37. The van der Waals surface area contributed by atoms with Crippen molar-refractivity contribution in [3.8, 4) is 0 Å². The highest BCUT2D eigenvalue weighted by molar-refractivity contribution is 5.76. The van der Waals surface area contributed by atoms with Crippen molar-refractivity contribution in [1.82, 2.24) is 5.32 Å². The Labute approximate surface area is 410 Å². The molecule has 0 saturated carbocycles. The largest absolute Gasteiger partial charge is 0.394 e. The molecule has 1 heterocycles. The minimum Gasteiger partial charge on any atom is -0.394 e. The molecule has 1 saturated heterocycles. The molecule has 1 aliphatic heterocycles. The molecular weight excluding hydrogens is 839 g/mol. The number of hydrogen-bond acceptors (Lipinski definition) is 8. The second-order valence-electron chi connectivity index (χ2n) is 19.0. The topological polar surface area (TPSA) is 149 Å². The fourth-order valence-corrected chi connectivity index (χ4v) is 8.31. The summed E-state index contributed by atoms with van der Waals surface area (Å²) in [5.74, 6) is -0.200. The number of rotatable bonds is 46. The third-order valence-corrected chi connectivity index (χ3v) is 12.7. The number of allylic oxidation sites excluding steroid dienone is 11. The van der Waals surface area contributed by atoms with E-state index in [9.17, 15) is 30.3 Å². The zero-order chi connectivity index (χ0) is 48.7. The van der Waals surface area contributed by atoms with Crippen LogP contribution in [0, 0.1) is 0 Å². The van der Waals surface area contributed by atoms with Gasteiger partial charge in [0, 0.05) is 6.42 Å². The Kier molecular flexibility index (Phi) is 44.2. The summed E-state index contributed by atoms with van der Waals surface area (Å²) in [5, 5.41) is 54.4. The minimum atomic E-state index is -1.58. The maximum absolute atomic E-state index is 13.0. The molecule has 9 nitrogen and oxygen atoms in total. The summed E-state index contributed by atoms with van der Waals surface area (Å²) in [6.45, 7) is 3.74. The van der Waals surface area contributed by atoms with Gasteiger partial charge in [0.15, 0.2) is 6.29 Å². The maximum atomic E-state index is 13.0. The lowest BCUT2D eigenvalue weighted by Gasteiger charge is -2.40. The Morgan fingerprint density at radius 1 is 0.507 bits per heavy atom. The molecule has 0 radical (unpaired) electrons. The monoisotopic (exact) mass is 942 g/mol. The maximum Gasteiger partial charge on any atom is 0.220 e. The van der Waals surface area contributed by atoms with Crippen LogP contribution < -0.4 is 5.32 Å². The van der Waals surface area contributed by atoms with Gasteiger partial charge in [-0.3, -0.25) is 4.79 Å². The van der Waals surface area contributed by atoms with Crippen molar-refractivity contribution in [1.29, 1.82) is 0 Å². The van der Waals surface area contributed by atoms with Gasteiger partial charge in [-0.1, -0.05) is 215 Å². The molecule has 1 amide bonds. The molecule has 9 heteroatoms. The van der Waals surface area contributed by atoms with Crippen molar-refractivity contribution in [2.45, 2.75) is 275 Å². The van der Waals surface area contributed by atoms with E-state index in [2.05, 4.69) is 79.9 Å². The van der Waals surface area contributed by atoms with Gasteiger partial charge in [0.25, 0.3) is 0 Å². The first-order valence-electron chi connectivity index (χ1n) is 27.7. The van der Waals surface area contributed by atoms with E-state index in [-0.39, 0.29) is 12.5 Å². The summed E-state index contributed by atoms with van der Waals surface area (Å²) in [5.41, 5.74) is 0. The van der Waals surface area contributed by atoms with Crippen molar-refractivity contribution in [2.24, 2.45) is 0 Å². The van der Waals surface area contributed by atoms with Crippen molar-refractivity contribution < 1.29 is 39.8 Å². The minimum absolute atomic E-state index is 0.200. The summed E-state index contributed by atoms with van der Waals surface area (Å²) >= 11 is 0. The smallest absolute Gasteiger partial charge is 0.220 e.